The molecule has 8 nitrogen and oxygen atoms in total. The quantitative estimate of drug-likeness (QED) is 0.499. The number of nitrogens with one attached hydrogen (secondary N) is 1. The Morgan fingerprint density at radius 3 is 2.92 bits per heavy atom. The minimum absolute atomic E-state index is 0.101. The number of hydrogen-bond donors (Lipinski definition) is 1. The summed E-state index contributed by atoms with van der Waals surface area (Å²) in [6.07, 6.45) is 1.29. The van der Waals surface area contributed by atoms with Gasteiger partial charge >= 0.3 is 6.09 Å². The van der Waals surface area contributed by atoms with Crippen molar-refractivity contribution in [1.82, 2.24) is 10.2 Å². The Morgan fingerprint density at radius 2 is 2.24 bits per heavy atom. The van der Waals surface area contributed by atoms with Gasteiger partial charge < -0.3 is 15.0 Å². The van der Waals surface area contributed by atoms with E-state index in [9.17, 15) is 9.59 Å². The third kappa shape index (κ3) is 5.95. The number of carbonyl (C=O) groups is 2. The van der Waals surface area contributed by atoms with Gasteiger partial charge in [0.1, 0.15) is 5.60 Å². The molecular weight excluding hydrogens is 342 g/mol. The van der Waals surface area contributed by atoms with Crippen molar-refractivity contribution in [2.45, 2.75) is 51.8 Å². The molecule has 0 aromatic carbocycles. The first-order valence-electron chi connectivity index (χ1n) is 8.17. The predicted octanol–water partition coefficient (Wildman–Crippen LogP) is 3.69. The maximum Gasteiger partial charge on any atom is 0.410 e. The molecule has 1 saturated heterocycles. The van der Waals surface area contributed by atoms with Gasteiger partial charge in [-0.1, -0.05) is 5.11 Å². The predicted molar refractivity (Wildman–Crippen MR) is 95.5 cm³/mol. The zero-order valence-electron chi connectivity index (χ0n) is 14.7. The van der Waals surface area contributed by atoms with Gasteiger partial charge in [-0.25, -0.2) is 4.79 Å². The van der Waals surface area contributed by atoms with Crippen molar-refractivity contribution in [2.75, 3.05) is 13.1 Å². The second kappa shape index (κ2) is 8.22. The molecule has 1 aromatic heterocycles. The van der Waals surface area contributed by atoms with Crippen LogP contribution in [0.4, 0.5) is 4.79 Å². The molecule has 1 N–H and O–H groups in total. The third-order valence-corrected chi connectivity index (χ3v) is 4.65. The second-order valence-electron chi connectivity index (χ2n) is 6.89. The van der Waals surface area contributed by atoms with Gasteiger partial charge in [0, 0.05) is 28.9 Å². The molecular formula is C16H23N5O3S. The van der Waals surface area contributed by atoms with Crippen molar-refractivity contribution >= 4 is 23.3 Å². The lowest BCUT2D eigenvalue weighted by molar-refractivity contribution is 0.0186. The average molecular weight is 365 g/mol. The summed E-state index contributed by atoms with van der Waals surface area (Å²) in [5, 5.41) is 6.46. The molecule has 1 fully saturated rings. The summed E-state index contributed by atoms with van der Waals surface area (Å²) < 4.78 is 5.39. The highest BCUT2D eigenvalue weighted by atomic mass is 32.1. The SMILES string of the molecule is CC(C)(C)OC(=O)N1CCCC(NC(=O)c2ccc(CN=[N+]=[N-])s2)C1. The Morgan fingerprint density at radius 1 is 1.48 bits per heavy atom. The van der Waals surface area contributed by atoms with Crippen molar-refractivity contribution in [3.05, 3.63) is 32.3 Å². The van der Waals surface area contributed by atoms with Crippen molar-refractivity contribution in [1.29, 1.82) is 0 Å². The molecule has 2 amide bonds. The smallest absolute Gasteiger partial charge is 0.410 e. The van der Waals surface area contributed by atoms with E-state index in [1.807, 2.05) is 20.8 Å². The second-order valence-corrected chi connectivity index (χ2v) is 8.06. The number of azide groups is 1. The van der Waals surface area contributed by atoms with Crippen LogP contribution >= 0.6 is 11.3 Å². The largest absolute Gasteiger partial charge is 0.444 e. The Bertz CT molecular complexity index is 676. The van der Waals surface area contributed by atoms with E-state index in [1.165, 1.54) is 11.3 Å². The van der Waals surface area contributed by atoms with Gasteiger partial charge in [0.25, 0.3) is 5.91 Å². The summed E-state index contributed by atoms with van der Waals surface area (Å²) in [7, 11) is 0. The fourth-order valence-corrected chi connectivity index (χ4v) is 3.36. The number of carbonyl (C=O) groups excluding carboxylic acids is 2. The number of rotatable bonds is 4. The number of ether oxygens (including phenoxy) is 1. The molecule has 0 radical (unpaired) electrons. The zero-order chi connectivity index (χ0) is 18.4. The Labute approximate surface area is 150 Å². The normalized spacial score (nSPS) is 17.6. The van der Waals surface area contributed by atoms with E-state index in [-0.39, 0.29) is 24.6 Å². The molecule has 1 unspecified atom stereocenters. The molecule has 2 rings (SSSR count). The number of piperidine rings is 1. The van der Waals surface area contributed by atoms with Crippen LogP contribution in [0.15, 0.2) is 17.2 Å². The van der Waals surface area contributed by atoms with Crippen LogP contribution in [0.25, 0.3) is 10.4 Å². The third-order valence-electron chi connectivity index (χ3n) is 3.58. The van der Waals surface area contributed by atoms with Crippen LogP contribution in [0.1, 0.15) is 48.2 Å². The van der Waals surface area contributed by atoms with Gasteiger partial charge in [0.15, 0.2) is 0 Å². The summed E-state index contributed by atoms with van der Waals surface area (Å²) in [6, 6.07) is 3.40. The maximum atomic E-state index is 12.4. The average Bonchev–Trinajstić information content (AvgIpc) is 3.00. The summed E-state index contributed by atoms with van der Waals surface area (Å²) >= 11 is 1.30. The van der Waals surface area contributed by atoms with Crippen molar-refractivity contribution in [3.63, 3.8) is 0 Å². The van der Waals surface area contributed by atoms with Gasteiger partial charge in [0.2, 0.25) is 0 Å². The first-order chi connectivity index (χ1) is 11.8. The molecule has 0 aliphatic carbocycles. The molecule has 2 heterocycles. The zero-order valence-corrected chi connectivity index (χ0v) is 15.5. The number of amides is 2. The van der Waals surface area contributed by atoms with E-state index in [0.29, 0.717) is 18.0 Å². The van der Waals surface area contributed by atoms with Gasteiger partial charge in [-0.15, -0.1) is 11.3 Å². The summed E-state index contributed by atoms with van der Waals surface area (Å²) in [4.78, 5) is 30.3. The van der Waals surface area contributed by atoms with Crippen LogP contribution in [0, 0.1) is 0 Å². The standard InChI is InChI=1S/C16H23N5O3S/c1-16(2,3)24-15(23)21-8-4-5-11(10-21)19-14(22)13-7-6-12(25-13)9-18-20-17/h6-7,11H,4-5,8-10H2,1-3H3,(H,19,22). The Balaban J connectivity index is 1.91. The lowest BCUT2D eigenvalue weighted by Gasteiger charge is -2.34. The molecule has 0 spiro atoms. The Kier molecular flexibility index (Phi) is 6.27. The van der Waals surface area contributed by atoms with Crippen molar-refractivity contribution < 1.29 is 14.3 Å². The molecule has 25 heavy (non-hydrogen) atoms. The first kappa shape index (κ1) is 19.1. The summed E-state index contributed by atoms with van der Waals surface area (Å²) in [6.45, 7) is 6.81. The molecule has 1 atom stereocenters. The highest BCUT2D eigenvalue weighted by Crippen LogP contribution is 2.19. The number of hydrogen-bond acceptors (Lipinski definition) is 5. The Hall–Kier alpha value is -2.25. The van der Waals surface area contributed by atoms with Gasteiger partial charge in [-0.05, 0) is 51.3 Å². The topological polar surface area (TPSA) is 107 Å². The molecule has 1 aliphatic rings. The molecule has 136 valence electrons. The van der Waals surface area contributed by atoms with E-state index in [1.54, 1.807) is 17.0 Å². The fourth-order valence-electron chi connectivity index (χ4n) is 2.53. The highest BCUT2D eigenvalue weighted by Gasteiger charge is 2.28. The monoisotopic (exact) mass is 365 g/mol. The minimum Gasteiger partial charge on any atom is -0.444 e. The fraction of sp³-hybridized carbons (Fsp3) is 0.625. The number of thiophene rings is 1. The molecule has 0 saturated carbocycles. The van der Waals surface area contributed by atoms with E-state index in [2.05, 4.69) is 15.3 Å². The van der Waals surface area contributed by atoms with E-state index < -0.39 is 5.60 Å². The van der Waals surface area contributed by atoms with Crippen molar-refractivity contribution in [3.8, 4) is 0 Å². The summed E-state index contributed by atoms with van der Waals surface area (Å²) in [5.74, 6) is -0.173. The van der Waals surface area contributed by atoms with Crippen LogP contribution in [0.3, 0.4) is 0 Å². The van der Waals surface area contributed by atoms with Gasteiger partial charge in [-0.2, -0.15) is 0 Å². The van der Waals surface area contributed by atoms with Gasteiger partial charge in [0.05, 0.1) is 11.4 Å². The summed E-state index contributed by atoms with van der Waals surface area (Å²) in [5.41, 5.74) is 7.81. The first-order valence-corrected chi connectivity index (χ1v) is 8.98. The highest BCUT2D eigenvalue weighted by molar-refractivity contribution is 7.14. The van der Waals surface area contributed by atoms with E-state index in [0.717, 1.165) is 17.7 Å². The lowest BCUT2D eigenvalue weighted by Crippen LogP contribution is -2.50. The van der Waals surface area contributed by atoms with E-state index in [4.69, 9.17) is 10.3 Å². The molecule has 1 aliphatic heterocycles. The minimum atomic E-state index is -0.535. The van der Waals surface area contributed by atoms with Crippen LogP contribution in [0.2, 0.25) is 0 Å². The molecule has 0 bridgehead atoms. The lowest BCUT2D eigenvalue weighted by atomic mass is 10.1. The van der Waals surface area contributed by atoms with Crippen LogP contribution in [-0.4, -0.2) is 41.6 Å². The number of nitrogens with zero attached hydrogens (tertiary/aromatic N) is 4. The van der Waals surface area contributed by atoms with Gasteiger partial charge in [-0.3, -0.25) is 4.79 Å². The van der Waals surface area contributed by atoms with Crippen LogP contribution < -0.4 is 5.32 Å². The molecule has 1 aromatic rings. The van der Waals surface area contributed by atoms with E-state index >= 15 is 0 Å². The molecule has 9 heteroatoms. The van der Waals surface area contributed by atoms with Crippen LogP contribution in [-0.2, 0) is 11.3 Å². The van der Waals surface area contributed by atoms with Crippen molar-refractivity contribution in [2.24, 2.45) is 5.11 Å². The van der Waals surface area contributed by atoms with Crippen LogP contribution in [0.5, 0.6) is 0 Å². The number of likely N-dealkylation sites (tertiary alicyclic amines) is 1. The maximum absolute atomic E-state index is 12.4.